The van der Waals surface area contributed by atoms with Gasteiger partial charge in [-0.3, -0.25) is 4.79 Å². The standard InChI is InChI=1S/C16H21ClN2O3S/c1-3-22-16(21)19-10-8-18(9-11-19)15(20)12(2)23-14-6-4-13(17)5-7-14/h4-7,12H,3,8-11H2,1-2H3/t12-/m0/s1. The fourth-order valence-corrected chi connectivity index (χ4v) is 3.43. The summed E-state index contributed by atoms with van der Waals surface area (Å²) in [5.74, 6) is 0.0912. The minimum atomic E-state index is -0.303. The van der Waals surface area contributed by atoms with Gasteiger partial charge in [-0.2, -0.15) is 0 Å². The van der Waals surface area contributed by atoms with Crippen LogP contribution in [-0.2, 0) is 9.53 Å². The van der Waals surface area contributed by atoms with Crippen molar-refractivity contribution in [2.75, 3.05) is 32.8 Å². The predicted octanol–water partition coefficient (Wildman–Crippen LogP) is 3.12. The van der Waals surface area contributed by atoms with Crippen LogP contribution < -0.4 is 0 Å². The number of ether oxygens (including phenoxy) is 1. The normalized spacial score (nSPS) is 16.1. The lowest BCUT2D eigenvalue weighted by Gasteiger charge is -2.35. The van der Waals surface area contributed by atoms with E-state index in [1.54, 1.807) is 11.8 Å². The highest BCUT2D eigenvalue weighted by Crippen LogP contribution is 2.26. The number of hydrogen-bond acceptors (Lipinski definition) is 4. The molecule has 1 aliphatic rings. The molecule has 2 rings (SSSR count). The Morgan fingerprint density at radius 2 is 1.74 bits per heavy atom. The third-order valence-corrected chi connectivity index (χ3v) is 4.94. The molecule has 5 nitrogen and oxygen atoms in total. The SMILES string of the molecule is CCOC(=O)N1CCN(C(=O)[C@H](C)Sc2ccc(Cl)cc2)CC1. The van der Waals surface area contributed by atoms with Gasteiger partial charge in [-0.15, -0.1) is 11.8 Å². The summed E-state index contributed by atoms with van der Waals surface area (Å²) >= 11 is 7.38. The molecule has 0 saturated carbocycles. The zero-order valence-corrected chi connectivity index (χ0v) is 14.9. The molecule has 1 saturated heterocycles. The second-order valence-electron chi connectivity index (χ2n) is 5.23. The summed E-state index contributed by atoms with van der Waals surface area (Å²) in [6, 6.07) is 7.46. The van der Waals surface area contributed by atoms with E-state index in [0.717, 1.165) is 4.90 Å². The molecule has 1 aliphatic heterocycles. The molecule has 1 aromatic carbocycles. The van der Waals surface area contributed by atoms with Crippen molar-refractivity contribution in [3.63, 3.8) is 0 Å². The Morgan fingerprint density at radius 1 is 1.17 bits per heavy atom. The Balaban J connectivity index is 1.84. The number of nitrogens with zero attached hydrogens (tertiary/aromatic N) is 2. The van der Waals surface area contributed by atoms with E-state index in [1.807, 2.05) is 36.1 Å². The van der Waals surface area contributed by atoms with E-state index in [1.165, 1.54) is 11.8 Å². The van der Waals surface area contributed by atoms with Crippen LogP contribution in [0, 0.1) is 0 Å². The fourth-order valence-electron chi connectivity index (χ4n) is 2.35. The number of thioether (sulfide) groups is 1. The van der Waals surface area contributed by atoms with Crippen LogP contribution in [0.1, 0.15) is 13.8 Å². The number of hydrogen-bond donors (Lipinski definition) is 0. The Hall–Kier alpha value is -1.40. The summed E-state index contributed by atoms with van der Waals surface area (Å²) in [5, 5.41) is 0.508. The summed E-state index contributed by atoms with van der Waals surface area (Å²) in [4.78, 5) is 28.6. The lowest BCUT2D eigenvalue weighted by Crippen LogP contribution is -2.52. The van der Waals surface area contributed by atoms with Gasteiger partial charge in [-0.1, -0.05) is 11.6 Å². The van der Waals surface area contributed by atoms with Crippen LogP contribution >= 0.6 is 23.4 Å². The molecule has 1 aromatic rings. The molecule has 0 radical (unpaired) electrons. The Morgan fingerprint density at radius 3 is 2.30 bits per heavy atom. The summed E-state index contributed by atoms with van der Waals surface area (Å²) in [7, 11) is 0. The highest BCUT2D eigenvalue weighted by molar-refractivity contribution is 8.00. The van der Waals surface area contributed by atoms with E-state index < -0.39 is 0 Å². The lowest BCUT2D eigenvalue weighted by molar-refractivity contribution is -0.131. The van der Waals surface area contributed by atoms with E-state index >= 15 is 0 Å². The minimum absolute atomic E-state index is 0.0912. The molecular formula is C16H21ClN2O3S. The van der Waals surface area contributed by atoms with Crippen molar-refractivity contribution in [1.29, 1.82) is 0 Å². The van der Waals surface area contributed by atoms with Crippen molar-refractivity contribution >= 4 is 35.4 Å². The molecule has 0 spiro atoms. The number of carbonyl (C=O) groups excluding carboxylic acids is 2. The predicted molar refractivity (Wildman–Crippen MR) is 91.9 cm³/mol. The summed E-state index contributed by atoms with van der Waals surface area (Å²) in [6.07, 6.45) is -0.303. The quantitative estimate of drug-likeness (QED) is 0.778. The average Bonchev–Trinajstić information content (AvgIpc) is 2.56. The van der Waals surface area contributed by atoms with Gasteiger partial charge >= 0.3 is 6.09 Å². The van der Waals surface area contributed by atoms with Crippen molar-refractivity contribution in [3.8, 4) is 0 Å². The van der Waals surface area contributed by atoms with Gasteiger partial charge in [-0.05, 0) is 38.1 Å². The molecule has 7 heteroatoms. The van der Waals surface area contributed by atoms with Gasteiger partial charge in [0, 0.05) is 36.1 Å². The Labute approximate surface area is 145 Å². The van der Waals surface area contributed by atoms with Crippen LogP contribution in [0.15, 0.2) is 29.2 Å². The zero-order valence-electron chi connectivity index (χ0n) is 13.3. The first-order valence-corrected chi connectivity index (χ1v) is 8.89. The van der Waals surface area contributed by atoms with Gasteiger partial charge in [-0.25, -0.2) is 4.79 Å². The van der Waals surface area contributed by atoms with Crippen LogP contribution in [0.2, 0.25) is 5.02 Å². The summed E-state index contributed by atoms with van der Waals surface area (Å²) in [6.45, 7) is 6.18. The minimum Gasteiger partial charge on any atom is -0.450 e. The van der Waals surface area contributed by atoms with Crippen LogP contribution in [-0.4, -0.2) is 59.8 Å². The van der Waals surface area contributed by atoms with Gasteiger partial charge in [0.2, 0.25) is 5.91 Å². The summed E-state index contributed by atoms with van der Waals surface area (Å²) < 4.78 is 4.98. The van der Waals surface area contributed by atoms with Crippen molar-refractivity contribution in [2.45, 2.75) is 24.0 Å². The van der Waals surface area contributed by atoms with Crippen molar-refractivity contribution in [2.24, 2.45) is 0 Å². The van der Waals surface area contributed by atoms with Crippen LogP contribution in [0.3, 0.4) is 0 Å². The highest BCUT2D eigenvalue weighted by Gasteiger charge is 2.27. The van der Waals surface area contributed by atoms with Gasteiger partial charge in [0.1, 0.15) is 0 Å². The molecule has 0 unspecified atom stereocenters. The number of carbonyl (C=O) groups is 2. The maximum Gasteiger partial charge on any atom is 0.409 e. The largest absolute Gasteiger partial charge is 0.450 e. The number of halogens is 1. The van der Waals surface area contributed by atoms with Crippen molar-refractivity contribution in [3.05, 3.63) is 29.3 Å². The maximum absolute atomic E-state index is 12.5. The van der Waals surface area contributed by atoms with Gasteiger partial charge in [0.15, 0.2) is 0 Å². The Bertz CT molecular complexity index is 545. The molecule has 0 aliphatic carbocycles. The first kappa shape index (κ1) is 17.9. The Kier molecular flexibility index (Phi) is 6.59. The fraction of sp³-hybridized carbons (Fsp3) is 0.500. The van der Waals surface area contributed by atoms with Crippen LogP contribution in [0.25, 0.3) is 0 Å². The topological polar surface area (TPSA) is 49.9 Å². The summed E-state index contributed by atoms with van der Waals surface area (Å²) in [5.41, 5.74) is 0. The first-order chi connectivity index (χ1) is 11.0. The molecule has 0 aromatic heterocycles. The third-order valence-electron chi connectivity index (χ3n) is 3.59. The highest BCUT2D eigenvalue weighted by atomic mass is 35.5. The number of amides is 2. The van der Waals surface area contributed by atoms with Gasteiger partial charge in [0.05, 0.1) is 11.9 Å². The molecule has 0 bridgehead atoms. The second-order valence-corrected chi connectivity index (χ2v) is 7.08. The molecule has 1 heterocycles. The third kappa shape index (κ3) is 5.04. The molecule has 1 atom stereocenters. The monoisotopic (exact) mass is 356 g/mol. The van der Waals surface area contributed by atoms with E-state index in [2.05, 4.69) is 0 Å². The number of piperazine rings is 1. The second kappa shape index (κ2) is 8.45. The lowest BCUT2D eigenvalue weighted by atomic mass is 10.3. The zero-order chi connectivity index (χ0) is 16.8. The molecule has 1 fully saturated rings. The molecule has 2 amide bonds. The van der Waals surface area contributed by atoms with E-state index in [0.29, 0.717) is 37.8 Å². The first-order valence-electron chi connectivity index (χ1n) is 7.64. The van der Waals surface area contributed by atoms with Crippen molar-refractivity contribution in [1.82, 2.24) is 9.80 Å². The van der Waals surface area contributed by atoms with E-state index in [-0.39, 0.29) is 17.3 Å². The molecule has 126 valence electrons. The molecule has 0 N–H and O–H groups in total. The number of benzene rings is 1. The van der Waals surface area contributed by atoms with Crippen LogP contribution in [0.4, 0.5) is 4.79 Å². The average molecular weight is 357 g/mol. The van der Waals surface area contributed by atoms with Gasteiger partial charge < -0.3 is 14.5 Å². The van der Waals surface area contributed by atoms with Crippen LogP contribution in [0.5, 0.6) is 0 Å². The van der Waals surface area contributed by atoms with Crippen molar-refractivity contribution < 1.29 is 14.3 Å². The molecule has 23 heavy (non-hydrogen) atoms. The molecular weight excluding hydrogens is 336 g/mol. The maximum atomic E-state index is 12.5. The number of rotatable bonds is 4. The smallest absolute Gasteiger partial charge is 0.409 e. The van der Waals surface area contributed by atoms with Gasteiger partial charge in [0.25, 0.3) is 0 Å². The van der Waals surface area contributed by atoms with E-state index in [9.17, 15) is 9.59 Å². The van der Waals surface area contributed by atoms with E-state index in [4.69, 9.17) is 16.3 Å².